The topological polar surface area (TPSA) is 103 Å². The lowest BCUT2D eigenvalue weighted by Gasteiger charge is -2.18. The monoisotopic (exact) mass is 416 g/mol. The first kappa shape index (κ1) is 20.5. The minimum atomic E-state index is -1.06. The fourth-order valence-electron chi connectivity index (χ4n) is 2.42. The molecule has 0 bridgehead atoms. The first-order chi connectivity index (χ1) is 14.0. The van der Waals surface area contributed by atoms with E-state index in [4.69, 9.17) is 14.2 Å². The van der Waals surface area contributed by atoms with E-state index in [-0.39, 0.29) is 5.75 Å². The Balaban J connectivity index is 1.41. The highest BCUT2D eigenvalue weighted by atomic mass is 32.2. The van der Waals surface area contributed by atoms with E-state index in [1.165, 1.54) is 18.7 Å². The van der Waals surface area contributed by atoms with E-state index >= 15 is 0 Å². The number of hydrogen-bond acceptors (Lipinski definition) is 7. The first-order valence-electron chi connectivity index (χ1n) is 8.90. The average Bonchev–Trinajstić information content (AvgIpc) is 2.76. The Morgan fingerprint density at radius 3 is 2.52 bits per heavy atom. The molecule has 8 nitrogen and oxygen atoms in total. The number of nitrogens with one attached hydrogen (secondary N) is 2. The molecule has 0 saturated heterocycles. The van der Waals surface area contributed by atoms with Crippen molar-refractivity contribution in [1.29, 1.82) is 0 Å². The van der Waals surface area contributed by atoms with Gasteiger partial charge in [0.25, 0.3) is 11.8 Å². The smallest absolute Gasteiger partial charge is 0.317 e. The summed E-state index contributed by atoms with van der Waals surface area (Å²) in [5.74, 6) is -0.323. The van der Waals surface area contributed by atoms with Gasteiger partial charge in [0.1, 0.15) is 13.2 Å². The number of rotatable bonds is 6. The van der Waals surface area contributed by atoms with Crippen LogP contribution in [0.4, 0.5) is 0 Å². The first-order valence-corrected chi connectivity index (χ1v) is 9.88. The molecule has 152 valence electrons. The molecule has 2 N–H and O–H groups in total. The Kier molecular flexibility index (Phi) is 6.96. The van der Waals surface area contributed by atoms with Gasteiger partial charge in [0.15, 0.2) is 17.6 Å². The lowest BCUT2D eigenvalue weighted by atomic mass is 10.2. The van der Waals surface area contributed by atoms with E-state index in [1.807, 2.05) is 6.07 Å². The van der Waals surface area contributed by atoms with Gasteiger partial charge in [-0.1, -0.05) is 18.2 Å². The molecule has 0 unspecified atom stereocenters. The number of carbonyl (C=O) groups is 3. The van der Waals surface area contributed by atoms with Crippen molar-refractivity contribution in [2.75, 3.05) is 19.0 Å². The van der Waals surface area contributed by atoms with Gasteiger partial charge < -0.3 is 14.2 Å². The molecule has 1 heterocycles. The molecule has 0 radical (unpaired) electrons. The van der Waals surface area contributed by atoms with Gasteiger partial charge in [-0.05, 0) is 37.3 Å². The van der Waals surface area contributed by atoms with Crippen LogP contribution in [0.5, 0.6) is 11.5 Å². The highest BCUT2D eigenvalue weighted by molar-refractivity contribution is 8.00. The molecule has 3 rings (SSSR count). The van der Waals surface area contributed by atoms with Crippen molar-refractivity contribution in [3.8, 4) is 11.5 Å². The van der Waals surface area contributed by atoms with Crippen molar-refractivity contribution in [3.63, 3.8) is 0 Å². The Morgan fingerprint density at radius 1 is 1.03 bits per heavy atom. The number of benzene rings is 2. The van der Waals surface area contributed by atoms with Gasteiger partial charge in [0.2, 0.25) is 0 Å². The Hall–Kier alpha value is -3.20. The summed E-state index contributed by atoms with van der Waals surface area (Å²) in [6.45, 7) is 2.42. The van der Waals surface area contributed by atoms with Crippen LogP contribution in [0.15, 0.2) is 53.4 Å². The molecule has 0 fully saturated rings. The fraction of sp³-hybridized carbons (Fsp3) is 0.250. The zero-order valence-electron chi connectivity index (χ0n) is 15.7. The predicted molar refractivity (Wildman–Crippen MR) is 106 cm³/mol. The lowest BCUT2D eigenvalue weighted by molar-refractivity contribution is -0.152. The molecular weight excluding hydrogens is 396 g/mol. The molecule has 9 heteroatoms. The standard InChI is InChI=1S/C20H20N2O6S/c1-13(19(24)21-22-20(25)14-5-3-2-4-6-14)28-18(23)12-29-15-7-8-16-17(11-15)27-10-9-26-16/h2-8,11,13H,9-10,12H2,1H3,(H,21,24)(H,22,25)/t13-/m0/s1. The SMILES string of the molecule is C[C@H](OC(=O)CSc1ccc2c(c1)OCCO2)C(=O)NNC(=O)c1ccccc1. The van der Waals surface area contributed by atoms with Gasteiger partial charge in [0.05, 0.1) is 5.75 Å². The predicted octanol–water partition coefficient (Wildman–Crippen LogP) is 1.94. The lowest BCUT2D eigenvalue weighted by Crippen LogP contribution is -2.46. The van der Waals surface area contributed by atoms with E-state index in [0.29, 0.717) is 30.3 Å². The summed E-state index contributed by atoms with van der Waals surface area (Å²) in [4.78, 5) is 36.7. The zero-order chi connectivity index (χ0) is 20.6. The molecule has 1 aliphatic rings. The third kappa shape index (κ3) is 5.89. The molecule has 1 aliphatic heterocycles. The number of ether oxygens (including phenoxy) is 3. The highest BCUT2D eigenvalue weighted by Crippen LogP contribution is 2.34. The van der Waals surface area contributed by atoms with Crippen LogP contribution in [0.25, 0.3) is 0 Å². The number of fused-ring (bicyclic) bond motifs is 1. The van der Waals surface area contributed by atoms with Crippen LogP contribution in [0, 0.1) is 0 Å². The number of hydrazine groups is 1. The van der Waals surface area contributed by atoms with E-state index < -0.39 is 23.9 Å². The van der Waals surface area contributed by atoms with Gasteiger partial charge in [-0.15, -0.1) is 11.8 Å². The summed E-state index contributed by atoms with van der Waals surface area (Å²) in [7, 11) is 0. The number of carbonyl (C=O) groups excluding carboxylic acids is 3. The maximum Gasteiger partial charge on any atom is 0.317 e. The summed E-state index contributed by atoms with van der Waals surface area (Å²) in [5, 5.41) is 0. The van der Waals surface area contributed by atoms with Crippen molar-refractivity contribution in [2.45, 2.75) is 17.9 Å². The Morgan fingerprint density at radius 2 is 1.76 bits per heavy atom. The van der Waals surface area contributed by atoms with Gasteiger partial charge in [-0.2, -0.15) is 0 Å². The van der Waals surface area contributed by atoms with Crippen molar-refractivity contribution in [2.24, 2.45) is 0 Å². The molecule has 2 aromatic carbocycles. The van der Waals surface area contributed by atoms with Gasteiger partial charge in [-0.25, -0.2) is 0 Å². The van der Waals surface area contributed by atoms with Gasteiger partial charge in [0, 0.05) is 10.5 Å². The van der Waals surface area contributed by atoms with E-state index in [1.54, 1.807) is 42.5 Å². The van der Waals surface area contributed by atoms with Gasteiger partial charge >= 0.3 is 5.97 Å². The highest BCUT2D eigenvalue weighted by Gasteiger charge is 2.19. The van der Waals surface area contributed by atoms with Crippen LogP contribution in [0.1, 0.15) is 17.3 Å². The van der Waals surface area contributed by atoms with E-state index in [0.717, 1.165) is 4.90 Å². The van der Waals surface area contributed by atoms with Crippen LogP contribution >= 0.6 is 11.8 Å². The van der Waals surface area contributed by atoms with Crippen LogP contribution in [-0.4, -0.2) is 42.9 Å². The number of hydrogen-bond donors (Lipinski definition) is 2. The third-order valence-electron chi connectivity index (χ3n) is 3.88. The minimum absolute atomic E-state index is 0.0215. The van der Waals surface area contributed by atoms with Crippen LogP contribution in [0.2, 0.25) is 0 Å². The fourth-order valence-corrected chi connectivity index (χ4v) is 3.13. The maximum atomic E-state index is 12.0. The largest absolute Gasteiger partial charge is 0.486 e. The summed E-state index contributed by atoms with van der Waals surface area (Å²) < 4.78 is 16.1. The molecule has 1 atom stereocenters. The Labute approximate surface area is 171 Å². The maximum absolute atomic E-state index is 12.0. The van der Waals surface area contributed by atoms with Crippen LogP contribution in [0.3, 0.4) is 0 Å². The Bertz CT molecular complexity index is 890. The summed E-state index contributed by atoms with van der Waals surface area (Å²) in [6.07, 6.45) is -1.06. The molecule has 29 heavy (non-hydrogen) atoms. The van der Waals surface area contributed by atoms with E-state index in [9.17, 15) is 14.4 Å². The molecule has 0 spiro atoms. The van der Waals surface area contributed by atoms with Crippen molar-refractivity contribution >= 4 is 29.5 Å². The van der Waals surface area contributed by atoms with E-state index in [2.05, 4.69) is 10.9 Å². The second-order valence-electron chi connectivity index (χ2n) is 6.04. The summed E-state index contributed by atoms with van der Waals surface area (Å²) in [6, 6.07) is 13.8. The van der Waals surface area contributed by atoms with Crippen LogP contribution in [-0.2, 0) is 14.3 Å². The molecule has 2 amide bonds. The van der Waals surface area contributed by atoms with Crippen molar-refractivity contribution in [1.82, 2.24) is 10.9 Å². The minimum Gasteiger partial charge on any atom is -0.486 e. The average molecular weight is 416 g/mol. The number of thioether (sulfide) groups is 1. The van der Waals surface area contributed by atoms with Crippen molar-refractivity contribution < 1.29 is 28.6 Å². The van der Waals surface area contributed by atoms with Crippen molar-refractivity contribution in [3.05, 3.63) is 54.1 Å². The molecule has 0 aliphatic carbocycles. The quantitative estimate of drug-likeness (QED) is 0.421. The molecule has 0 aromatic heterocycles. The molecular formula is C20H20N2O6S. The molecule has 0 saturated carbocycles. The van der Waals surface area contributed by atoms with Gasteiger partial charge in [-0.3, -0.25) is 25.2 Å². The normalized spacial score (nSPS) is 13.1. The number of amides is 2. The summed E-state index contributed by atoms with van der Waals surface area (Å²) in [5.41, 5.74) is 4.92. The summed E-state index contributed by atoms with van der Waals surface area (Å²) >= 11 is 1.26. The third-order valence-corrected chi connectivity index (χ3v) is 4.85. The second kappa shape index (κ2) is 9.83. The zero-order valence-corrected chi connectivity index (χ0v) is 16.5. The number of esters is 1. The second-order valence-corrected chi connectivity index (χ2v) is 7.08. The molecule has 2 aromatic rings. The van der Waals surface area contributed by atoms with Crippen LogP contribution < -0.4 is 20.3 Å².